The molecule has 1 aromatic carbocycles. The molecule has 4 heteroatoms. The van der Waals surface area contributed by atoms with Crippen LogP contribution in [0.1, 0.15) is 17.3 Å². The highest BCUT2D eigenvalue weighted by atomic mass is 35.5. The predicted octanol–water partition coefficient (Wildman–Crippen LogP) is 3.20. The number of hydrogen-bond acceptors (Lipinski definition) is 2. The molecule has 0 fully saturated rings. The van der Waals surface area contributed by atoms with Gasteiger partial charge in [-0.1, -0.05) is 23.2 Å². The first-order valence-corrected chi connectivity index (χ1v) is 4.36. The van der Waals surface area contributed by atoms with Crippen LogP contribution < -0.4 is 4.74 Å². The number of hydrogen-bond donors (Lipinski definition) is 0. The summed E-state index contributed by atoms with van der Waals surface area (Å²) in [6, 6.07) is 3.03. The van der Waals surface area contributed by atoms with Crippen LogP contribution in [0, 0.1) is 0 Å². The molecule has 0 spiro atoms. The van der Waals surface area contributed by atoms with E-state index in [4.69, 9.17) is 27.9 Å². The van der Waals surface area contributed by atoms with E-state index < -0.39 is 0 Å². The zero-order valence-electron chi connectivity index (χ0n) is 7.23. The lowest BCUT2D eigenvalue weighted by Crippen LogP contribution is -1.94. The topological polar surface area (TPSA) is 26.3 Å². The molecule has 0 aliphatic rings. The molecule has 1 rings (SSSR count). The number of methoxy groups -OCH3 is 1. The summed E-state index contributed by atoms with van der Waals surface area (Å²) in [6.07, 6.45) is 0. The molecule has 0 aliphatic heterocycles. The number of carbonyl (C=O) groups is 1. The van der Waals surface area contributed by atoms with E-state index >= 15 is 0 Å². The molecule has 2 nitrogen and oxygen atoms in total. The molecule has 0 aliphatic carbocycles. The van der Waals surface area contributed by atoms with Gasteiger partial charge in [-0.2, -0.15) is 0 Å². The minimum absolute atomic E-state index is 0.116. The van der Waals surface area contributed by atoms with Gasteiger partial charge in [-0.15, -0.1) is 0 Å². The van der Waals surface area contributed by atoms with Gasteiger partial charge in [0.25, 0.3) is 0 Å². The van der Waals surface area contributed by atoms with E-state index in [9.17, 15) is 4.79 Å². The molecule has 0 N–H and O–H groups in total. The van der Waals surface area contributed by atoms with Gasteiger partial charge in [-0.3, -0.25) is 4.79 Å². The predicted molar refractivity (Wildman–Crippen MR) is 53.0 cm³/mol. The van der Waals surface area contributed by atoms with Crippen LogP contribution in [-0.2, 0) is 0 Å². The van der Waals surface area contributed by atoms with Crippen LogP contribution in [0.5, 0.6) is 5.75 Å². The quantitative estimate of drug-likeness (QED) is 0.714. The molecule has 13 heavy (non-hydrogen) atoms. The second kappa shape index (κ2) is 3.99. The van der Waals surface area contributed by atoms with Crippen molar-refractivity contribution in [1.29, 1.82) is 0 Å². The number of carbonyl (C=O) groups excluding carboxylic acids is 1. The third kappa shape index (κ3) is 2.14. The molecule has 0 atom stereocenters. The molecule has 1 aromatic rings. The Labute approximate surface area is 86.4 Å². The lowest BCUT2D eigenvalue weighted by molar-refractivity contribution is 0.101. The Morgan fingerprint density at radius 3 is 2.38 bits per heavy atom. The monoisotopic (exact) mass is 218 g/mol. The molecular weight excluding hydrogens is 211 g/mol. The number of benzene rings is 1. The number of rotatable bonds is 2. The van der Waals surface area contributed by atoms with Crippen LogP contribution in [0.15, 0.2) is 12.1 Å². The average molecular weight is 219 g/mol. The smallest absolute Gasteiger partial charge is 0.161 e. The molecule has 0 aromatic heterocycles. The van der Waals surface area contributed by atoms with E-state index in [0.29, 0.717) is 21.4 Å². The molecule has 0 radical (unpaired) electrons. The Kier molecular flexibility index (Phi) is 3.17. The first-order chi connectivity index (χ1) is 6.06. The summed E-state index contributed by atoms with van der Waals surface area (Å²) in [6.45, 7) is 1.43. The van der Waals surface area contributed by atoms with Gasteiger partial charge in [0.15, 0.2) is 5.78 Å². The van der Waals surface area contributed by atoms with Crippen LogP contribution >= 0.6 is 23.2 Å². The fraction of sp³-hybridized carbons (Fsp3) is 0.222. The lowest BCUT2D eigenvalue weighted by Gasteiger charge is -2.05. The van der Waals surface area contributed by atoms with Gasteiger partial charge in [0.1, 0.15) is 5.75 Å². The maximum atomic E-state index is 11.0. The summed E-state index contributed by atoms with van der Waals surface area (Å²) in [5.74, 6) is 0.353. The van der Waals surface area contributed by atoms with Gasteiger partial charge in [-0.25, -0.2) is 0 Å². The van der Waals surface area contributed by atoms with Crippen LogP contribution in [0.2, 0.25) is 10.0 Å². The Balaban J connectivity index is 3.28. The van der Waals surface area contributed by atoms with Crippen LogP contribution in [0.4, 0.5) is 0 Å². The maximum absolute atomic E-state index is 11.0. The Hall–Kier alpha value is -0.730. The third-order valence-electron chi connectivity index (χ3n) is 1.62. The molecule has 70 valence electrons. The molecule has 0 bridgehead atoms. The molecular formula is C9H8Cl2O2. The number of Topliss-reactive ketones (excluding diaryl/α,β-unsaturated/α-hetero) is 1. The van der Waals surface area contributed by atoms with Crippen molar-refractivity contribution in [2.24, 2.45) is 0 Å². The molecule has 0 unspecified atom stereocenters. The summed E-state index contributed by atoms with van der Waals surface area (Å²) in [5, 5.41) is 0.742. The SMILES string of the molecule is COc1cc(Cl)c(C(C)=O)cc1Cl. The summed E-state index contributed by atoms with van der Waals surface area (Å²) in [4.78, 5) is 11.0. The van der Waals surface area contributed by atoms with E-state index in [-0.39, 0.29) is 5.78 Å². The van der Waals surface area contributed by atoms with E-state index in [1.807, 2.05) is 0 Å². The van der Waals surface area contributed by atoms with E-state index in [2.05, 4.69) is 0 Å². The van der Waals surface area contributed by atoms with Crippen LogP contribution in [0.25, 0.3) is 0 Å². The van der Waals surface area contributed by atoms with Crippen molar-refractivity contribution < 1.29 is 9.53 Å². The highest BCUT2D eigenvalue weighted by Gasteiger charge is 2.10. The minimum Gasteiger partial charge on any atom is -0.495 e. The zero-order chi connectivity index (χ0) is 10.0. The number of halogens is 2. The van der Waals surface area contributed by atoms with Crippen molar-refractivity contribution in [2.75, 3.05) is 7.11 Å². The maximum Gasteiger partial charge on any atom is 0.161 e. The van der Waals surface area contributed by atoms with E-state index in [1.54, 1.807) is 0 Å². The van der Waals surface area contributed by atoms with Crippen molar-refractivity contribution in [3.63, 3.8) is 0 Å². The van der Waals surface area contributed by atoms with Gasteiger partial charge >= 0.3 is 0 Å². The van der Waals surface area contributed by atoms with Crippen LogP contribution in [0.3, 0.4) is 0 Å². The molecule has 0 saturated heterocycles. The zero-order valence-corrected chi connectivity index (χ0v) is 8.74. The van der Waals surface area contributed by atoms with Crippen molar-refractivity contribution in [3.8, 4) is 5.75 Å². The lowest BCUT2D eigenvalue weighted by atomic mass is 10.1. The van der Waals surface area contributed by atoms with Gasteiger partial charge < -0.3 is 4.74 Å². The third-order valence-corrected chi connectivity index (χ3v) is 2.23. The number of ketones is 1. The van der Waals surface area contributed by atoms with Crippen molar-refractivity contribution in [2.45, 2.75) is 6.92 Å². The second-order valence-electron chi connectivity index (χ2n) is 2.52. The van der Waals surface area contributed by atoms with Crippen LogP contribution in [-0.4, -0.2) is 12.9 Å². The normalized spacial score (nSPS) is 9.85. The van der Waals surface area contributed by atoms with Gasteiger partial charge in [-0.05, 0) is 13.0 Å². The van der Waals surface area contributed by atoms with Gasteiger partial charge in [0.05, 0.1) is 17.2 Å². The Morgan fingerprint density at radius 2 is 1.92 bits per heavy atom. The summed E-state index contributed by atoms with van der Waals surface area (Å²) < 4.78 is 4.93. The van der Waals surface area contributed by atoms with Gasteiger partial charge in [0, 0.05) is 11.6 Å². The van der Waals surface area contributed by atoms with Crippen molar-refractivity contribution in [1.82, 2.24) is 0 Å². The first-order valence-electron chi connectivity index (χ1n) is 3.60. The average Bonchev–Trinajstić information content (AvgIpc) is 2.07. The first kappa shape index (κ1) is 10.4. The van der Waals surface area contributed by atoms with Gasteiger partial charge in [0.2, 0.25) is 0 Å². The molecule has 0 saturated carbocycles. The summed E-state index contributed by atoms with van der Waals surface area (Å²) >= 11 is 11.6. The molecule has 0 amide bonds. The Bertz CT molecular complexity index is 348. The van der Waals surface area contributed by atoms with E-state index in [1.165, 1.54) is 26.2 Å². The largest absolute Gasteiger partial charge is 0.495 e. The molecule has 0 heterocycles. The second-order valence-corrected chi connectivity index (χ2v) is 3.34. The van der Waals surface area contributed by atoms with Crippen molar-refractivity contribution >= 4 is 29.0 Å². The highest BCUT2D eigenvalue weighted by Crippen LogP contribution is 2.30. The van der Waals surface area contributed by atoms with Crippen molar-refractivity contribution in [3.05, 3.63) is 27.7 Å². The minimum atomic E-state index is -0.116. The standard InChI is InChI=1S/C9H8Cl2O2/c1-5(12)6-3-8(11)9(13-2)4-7(6)10/h3-4H,1-2H3. The summed E-state index contributed by atoms with van der Waals surface area (Å²) in [7, 11) is 1.49. The Morgan fingerprint density at radius 1 is 1.31 bits per heavy atom. The number of ether oxygens (including phenoxy) is 1. The fourth-order valence-electron chi connectivity index (χ4n) is 0.955. The highest BCUT2D eigenvalue weighted by molar-refractivity contribution is 6.36. The van der Waals surface area contributed by atoms with E-state index in [0.717, 1.165) is 0 Å². The summed E-state index contributed by atoms with van der Waals surface area (Å²) in [5.41, 5.74) is 0.410. The fourth-order valence-corrected chi connectivity index (χ4v) is 1.48.